The highest BCUT2D eigenvalue weighted by atomic mass is 16.7. The number of hydrogen-bond acceptors (Lipinski definition) is 2. The van der Waals surface area contributed by atoms with Crippen molar-refractivity contribution in [2.45, 2.75) is 91.3 Å². The normalized spacial score (nSPS) is 18.9. The Hall–Kier alpha value is -0.0800. The summed E-state index contributed by atoms with van der Waals surface area (Å²) in [6.07, 6.45) is 10.9. The largest absolute Gasteiger partial charge is 0.350 e. The summed E-state index contributed by atoms with van der Waals surface area (Å²) in [6, 6.07) is 0. The third-order valence-corrected chi connectivity index (χ3v) is 5.09. The Morgan fingerprint density at radius 3 is 1.45 bits per heavy atom. The monoisotopic (exact) mass is 284 g/mol. The summed E-state index contributed by atoms with van der Waals surface area (Å²) >= 11 is 0. The molecular weight excluding hydrogens is 248 g/mol. The number of rotatable bonds is 10. The van der Waals surface area contributed by atoms with Crippen molar-refractivity contribution in [2.75, 3.05) is 13.2 Å². The van der Waals surface area contributed by atoms with Gasteiger partial charge in [0, 0.05) is 12.8 Å². The van der Waals surface area contributed by atoms with Crippen molar-refractivity contribution in [1.29, 1.82) is 0 Å². The molecule has 2 heteroatoms. The van der Waals surface area contributed by atoms with Gasteiger partial charge in [-0.2, -0.15) is 0 Å². The van der Waals surface area contributed by atoms with Gasteiger partial charge in [-0.3, -0.25) is 0 Å². The maximum atomic E-state index is 6.33. The van der Waals surface area contributed by atoms with Gasteiger partial charge in [-0.05, 0) is 24.7 Å². The van der Waals surface area contributed by atoms with Gasteiger partial charge >= 0.3 is 0 Å². The minimum Gasteiger partial charge on any atom is -0.350 e. The van der Waals surface area contributed by atoms with Crippen molar-refractivity contribution in [2.24, 2.45) is 11.8 Å². The summed E-state index contributed by atoms with van der Waals surface area (Å²) < 4.78 is 12.7. The van der Waals surface area contributed by atoms with E-state index < -0.39 is 0 Å². The minimum atomic E-state index is -0.260. The van der Waals surface area contributed by atoms with E-state index in [1.54, 1.807) is 0 Å². The third kappa shape index (κ3) is 5.73. The maximum absolute atomic E-state index is 6.33. The number of ether oxygens (including phenoxy) is 2. The molecule has 0 amide bonds. The molecule has 1 aliphatic carbocycles. The topological polar surface area (TPSA) is 18.5 Å². The third-order valence-electron chi connectivity index (χ3n) is 5.09. The van der Waals surface area contributed by atoms with Gasteiger partial charge in [-0.25, -0.2) is 0 Å². The zero-order valence-corrected chi connectivity index (χ0v) is 14.2. The Morgan fingerprint density at radius 2 is 1.10 bits per heavy atom. The molecule has 0 aromatic rings. The zero-order chi connectivity index (χ0) is 14.8. The summed E-state index contributed by atoms with van der Waals surface area (Å²) in [5.74, 6) is 1.11. The standard InChI is InChI=1S/C18H36O2/c1-5-16(6-2)14-19-18(12-10-9-11-13-18)20-15-17(7-3)8-4/h16-17H,5-15H2,1-4H3. The lowest BCUT2D eigenvalue weighted by molar-refractivity contribution is -0.262. The van der Waals surface area contributed by atoms with Crippen LogP contribution in [0.2, 0.25) is 0 Å². The van der Waals surface area contributed by atoms with Gasteiger partial charge in [0.25, 0.3) is 0 Å². The van der Waals surface area contributed by atoms with Crippen LogP contribution in [0, 0.1) is 11.8 Å². The van der Waals surface area contributed by atoms with Gasteiger partial charge in [0.1, 0.15) is 0 Å². The molecule has 0 spiro atoms. The quantitative estimate of drug-likeness (QED) is 0.489. The van der Waals surface area contributed by atoms with E-state index in [0.29, 0.717) is 11.8 Å². The summed E-state index contributed by atoms with van der Waals surface area (Å²) in [6.45, 7) is 10.8. The van der Waals surface area contributed by atoms with E-state index in [9.17, 15) is 0 Å². The van der Waals surface area contributed by atoms with E-state index >= 15 is 0 Å². The molecule has 0 bridgehead atoms. The highest BCUT2D eigenvalue weighted by molar-refractivity contribution is 4.76. The minimum absolute atomic E-state index is 0.260. The van der Waals surface area contributed by atoms with E-state index in [2.05, 4.69) is 27.7 Å². The van der Waals surface area contributed by atoms with Crippen molar-refractivity contribution in [3.8, 4) is 0 Å². The van der Waals surface area contributed by atoms with Crippen LogP contribution in [0.3, 0.4) is 0 Å². The molecule has 0 aromatic carbocycles. The lowest BCUT2D eigenvalue weighted by atomic mass is 9.93. The summed E-state index contributed by atoms with van der Waals surface area (Å²) in [7, 11) is 0. The summed E-state index contributed by atoms with van der Waals surface area (Å²) in [5.41, 5.74) is 0. The van der Waals surface area contributed by atoms with Crippen LogP contribution in [0.15, 0.2) is 0 Å². The fourth-order valence-corrected chi connectivity index (χ4v) is 3.01. The molecule has 1 fully saturated rings. The highest BCUT2D eigenvalue weighted by Crippen LogP contribution is 2.34. The van der Waals surface area contributed by atoms with Crippen molar-refractivity contribution in [3.63, 3.8) is 0 Å². The Kier molecular flexibility index (Phi) is 8.79. The lowest BCUT2D eigenvalue weighted by Gasteiger charge is -2.39. The Morgan fingerprint density at radius 1 is 0.700 bits per heavy atom. The molecule has 0 saturated heterocycles. The molecule has 0 unspecified atom stereocenters. The SMILES string of the molecule is CCC(CC)COC1(OCC(CC)CC)CCCCC1. The van der Waals surface area contributed by atoms with Crippen LogP contribution in [0.25, 0.3) is 0 Å². The average molecular weight is 284 g/mol. The van der Waals surface area contributed by atoms with Gasteiger partial charge in [0.2, 0.25) is 0 Å². The molecule has 20 heavy (non-hydrogen) atoms. The van der Waals surface area contributed by atoms with E-state index in [1.165, 1.54) is 44.9 Å². The maximum Gasteiger partial charge on any atom is 0.168 e. The van der Waals surface area contributed by atoms with Crippen molar-refractivity contribution >= 4 is 0 Å². The molecule has 1 aliphatic rings. The second kappa shape index (κ2) is 9.78. The van der Waals surface area contributed by atoms with Crippen molar-refractivity contribution in [3.05, 3.63) is 0 Å². The van der Waals surface area contributed by atoms with Crippen LogP contribution in [0.4, 0.5) is 0 Å². The molecular formula is C18H36O2. The lowest BCUT2D eigenvalue weighted by Crippen LogP contribution is -2.40. The molecule has 1 rings (SSSR count). The van der Waals surface area contributed by atoms with E-state index in [-0.39, 0.29) is 5.79 Å². The van der Waals surface area contributed by atoms with Gasteiger partial charge in [0.05, 0.1) is 13.2 Å². The molecule has 2 nitrogen and oxygen atoms in total. The van der Waals surface area contributed by atoms with E-state index in [4.69, 9.17) is 9.47 Å². The Balaban J connectivity index is 2.52. The second-order valence-corrected chi connectivity index (χ2v) is 6.46. The predicted octanol–water partition coefficient (Wildman–Crippen LogP) is 5.55. The Labute approximate surface area is 126 Å². The van der Waals surface area contributed by atoms with E-state index in [0.717, 1.165) is 26.1 Å². The first-order chi connectivity index (χ1) is 9.69. The summed E-state index contributed by atoms with van der Waals surface area (Å²) in [4.78, 5) is 0. The van der Waals surface area contributed by atoms with Crippen LogP contribution in [0.5, 0.6) is 0 Å². The zero-order valence-electron chi connectivity index (χ0n) is 14.2. The van der Waals surface area contributed by atoms with E-state index in [1.807, 2.05) is 0 Å². The first-order valence-electron chi connectivity index (χ1n) is 8.97. The first-order valence-corrected chi connectivity index (χ1v) is 8.97. The van der Waals surface area contributed by atoms with Crippen molar-refractivity contribution in [1.82, 2.24) is 0 Å². The fraction of sp³-hybridized carbons (Fsp3) is 1.00. The van der Waals surface area contributed by atoms with Gasteiger partial charge in [-0.15, -0.1) is 0 Å². The molecule has 0 radical (unpaired) electrons. The molecule has 0 atom stereocenters. The van der Waals surface area contributed by atoms with Gasteiger partial charge in [0.15, 0.2) is 5.79 Å². The molecule has 0 aromatic heterocycles. The van der Waals surface area contributed by atoms with Crippen LogP contribution in [-0.4, -0.2) is 19.0 Å². The average Bonchev–Trinajstić information content (AvgIpc) is 2.50. The fourth-order valence-electron chi connectivity index (χ4n) is 3.01. The predicted molar refractivity (Wildman–Crippen MR) is 85.9 cm³/mol. The van der Waals surface area contributed by atoms with Gasteiger partial charge in [-0.1, -0.05) is 59.8 Å². The molecule has 0 N–H and O–H groups in total. The highest BCUT2D eigenvalue weighted by Gasteiger charge is 2.34. The second-order valence-electron chi connectivity index (χ2n) is 6.46. The first kappa shape index (κ1) is 18.0. The molecule has 0 aliphatic heterocycles. The molecule has 1 saturated carbocycles. The van der Waals surface area contributed by atoms with Crippen LogP contribution < -0.4 is 0 Å². The van der Waals surface area contributed by atoms with Crippen molar-refractivity contribution < 1.29 is 9.47 Å². The van der Waals surface area contributed by atoms with Gasteiger partial charge < -0.3 is 9.47 Å². The molecule has 0 heterocycles. The van der Waals surface area contributed by atoms with Crippen LogP contribution in [-0.2, 0) is 9.47 Å². The molecule has 120 valence electrons. The number of hydrogen-bond donors (Lipinski definition) is 0. The van der Waals surface area contributed by atoms with Crippen LogP contribution >= 0.6 is 0 Å². The Bertz CT molecular complexity index is 208. The van der Waals surface area contributed by atoms with Crippen LogP contribution in [0.1, 0.15) is 85.5 Å². The summed E-state index contributed by atoms with van der Waals surface area (Å²) in [5, 5.41) is 0. The smallest absolute Gasteiger partial charge is 0.168 e.